The lowest BCUT2D eigenvalue weighted by Gasteiger charge is -2.23. The lowest BCUT2D eigenvalue weighted by atomic mass is 9.86. The summed E-state index contributed by atoms with van der Waals surface area (Å²) in [4.78, 5) is 2.36. The lowest BCUT2D eigenvalue weighted by molar-refractivity contribution is 0.304. The lowest BCUT2D eigenvalue weighted by Crippen LogP contribution is -2.26. The first-order chi connectivity index (χ1) is 8.38. The molecule has 1 nitrogen and oxygen atoms in total. The van der Waals surface area contributed by atoms with Gasteiger partial charge in [0.1, 0.15) is 0 Å². The van der Waals surface area contributed by atoms with Crippen molar-refractivity contribution in [3.05, 3.63) is 35.4 Å². The van der Waals surface area contributed by atoms with Crippen LogP contribution in [0, 0.1) is 0 Å². The molecule has 1 aromatic carbocycles. The van der Waals surface area contributed by atoms with Gasteiger partial charge in [0, 0.05) is 6.54 Å². The minimum Gasteiger partial charge on any atom is -0.302 e. The Bertz CT molecular complexity index is 346. The van der Waals surface area contributed by atoms with Crippen molar-refractivity contribution in [3.8, 4) is 0 Å². The van der Waals surface area contributed by atoms with Gasteiger partial charge in [0.25, 0.3) is 0 Å². The summed E-state index contributed by atoms with van der Waals surface area (Å²) in [5.41, 5.74) is 2.79. The Balaban J connectivity index is 2.73. The van der Waals surface area contributed by atoms with E-state index < -0.39 is 0 Å². The number of nitrogens with zero attached hydrogens (tertiary/aromatic N) is 1. The molecule has 0 aliphatic heterocycles. The monoisotopic (exact) mass is 267 g/mol. The molecule has 0 heterocycles. The summed E-state index contributed by atoms with van der Waals surface area (Å²) >= 11 is 6.48. The molecule has 18 heavy (non-hydrogen) atoms. The zero-order valence-electron chi connectivity index (χ0n) is 12.3. The molecule has 0 aliphatic carbocycles. The van der Waals surface area contributed by atoms with Gasteiger partial charge in [0.15, 0.2) is 0 Å². The van der Waals surface area contributed by atoms with Crippen LogP contribution in [-0.4, -0.2) is 24.5 Å². The van der Waals surface area contributed by atoms with Crippen LogP contribution in [-0.2, 0) is 5.41 Å². The fraction of sp³-hybridized carbons (Fsp3) is 0.625. The Morgan fingerprint density at radius 1 is 1.06 bits per heavy atom. The predicted octanol–water partition coefficient (Wildman–Crippen LogP) is 4.61. The second kappa shape index (κ2) is 6.58. The molecule has 0 saturated heterocycles. The average Bonchev–Trinajstić information content (AvgIpc) is 2.34. The zero-order chi connectivity index (χ0) is 13.8. The summed E-state index contributed by atoms with van der Waals surface area (Å²) in [6.07, 6.45) is 0. The Labute approximate surface area is 117 Å². The van der Waals surface area contributed by atoms with E-state index >= 15 is 0 Å². The molecule has 0 spiro atoms. The zero-order valence-corrected chi connectivity index (χ0v) is 13.1. The average molecular weight is 268 g/mol. The van der Waals surface area contributed by atoms with E-state index in [4.69, 9.17) is 11.6 Å². The number of hydrogen-bond acceptors (Lipinski definition) is 1. The number of halogens is 1. The molecular weight excluding hydrogens is 242 g/mol. The fourth-order valence-electron chi connectivity index (χ4n) is 2.01. The molecule has 0 radical (unpaired) electrons. The van der Waals surface area contributed by atoms with E-state index in [1.54, 1.807) is 0 Å². The maximum Gasteiger partial charge on any atom is 0.0712 e. The van der Waals surface area contributed by atoms with Crippen LogP contribution in [0.1, 0.15) is 51.1 Å². The Morgan fingerprint density at radius 2 is 1.56 bits per heavy atom. The molecular formula is C16H26ClN. The quantitative estimate of drug-likeness (QED) is 0.705. The van der Waals surface area contributed by atoms with E-state index in [0.29, 0.717) is 0 Å². The van der Waals surface area contributed by atoms with Gasteiger partial charge >= 0.3 is 0 Å². The van der Waals surface area contributed by atoms with Gasteiger partial charge < -0.3 is 4.90 Å². The number of hydrogen-bond donors (Lipinski definition) is 0. The van der Waals surface area contributed by atoms with Crippen LogP contribution in [0.4, 0.5) is 0 Å². The van der Waals surface area contributed by atoms with Crippen LogP contribution in [0.2, 0.25) is 0 Å². The van der Waals surface area contributed by atoms with Gasteiger partial charge in [-0.15, -0.1) is 11.6 Å². The topological polar surface area (TPSA) is 3.24 Å². The number of rotatable bonds is 5. The van der Waals surface area contributed by atoms with E-state index in [1.807, 2.05) is 0 Å². The molecule has 0 N–H and O–H groups in total. The van der Waals surface area contributed by atoms with Gasteiger partial charge in [0.05, 0.1) is 5.38 Å². The Hall–Kier alpha value is -0.530. The third-order valence-electron chi connectivity index (χ3n) is 3.45. The third kappa shape index (κ3) is 4.29. The molecule has 0 saturated carbocycles. The predicted molar refractivity (Wildman–Crippen MR) is 81.5 cm³/mol. The largest absolute Gasteiger partial charge is 0.302 e. The van der Waals surface area contributed by atoms with Crippen molar-refractivity contribution in [3.63, 3.8) is 0 Å². The maximum atomic E-state index is 6.48. The molecule has 1 atom stereocenters. The fourth-order valence-corrected chi connectivity index (χ4v) is 2.35. The first kappa shape index (κ1) is 15.5. The minimum absolute atomic E-state index is 0.0823. The Kier molecular flexibility index (Phi) is 5.68. The maximum absolute atomic E-state index is 6.48. The highest BCUT2D eigenvalue weighted by Crippen LogP contribution is 2.26. The summed E-state index contributed by atoms with van der Waals surface area (Å²) in [7, 11) is 0. The van der Waals surface area contributed by atoms with Crippen molar-refractivity contribution >= 4 is 11.6 Å². The second-order valence-electron chi connectivity index (χ2n) is 5.83. The molecule has 0 aliphatic rings. The minimum atomic E-state index is 0.0823. The van der Waals surface area contributed by atoms with E-state index in [1.165, 1.54) is 11.1 Å². The molecule has 2 heteroatoms. The molecule has 102 valence electrons. The first-order valence-electron chi connectivity index (χ1n) is 6.85. The van der Waals surface area contributed by atoms with E-state index in [0.717, 1.165) is 19.6 Å². The van der Waals surface area contributed by atoms with Crippen LogP contribution in [0.25, 0.3) is 0 Å². The van der Waals surface area contributed by atoms with Crippen molar-refractivity contribution in [1.29, 1.82) is 0 Å². The van der Waals surface area contributed by atoms with Gasteiger partial charge in [-0.05, 0) is 29.6 Å². The van der Waals surface area contributed by atoms with Gasteiger partial charge in [-0.3, -0.25) is 0 Å². The number of benzene rings is 1. The van der Waals surface area contributed by atoms with Crippen molar-refractivity contribution in [1.82, 2.24) is 4.90 Å². The number of likely N-dealkylation sites (N-methyl/N-ethyl adjacent to an activating group) is 1. The molecule has 1 rings (SSSR count). The van der Waals surface area contributed by atoms with Crippen LogP contribution in [0.3, 0.4) is 0 Å². The van der Waals surface area contributed by atoms with Crippen molar-refractivity contribution in [2.45, 2.75) is 45.4 Å². The molecule has 1 unspecified atom stereocenters. The molecule has 0 aromatic heterocycles. The third-order valence-corrected chi connectivity index (χ3v) is 3.84. The van der Waals surface area contributed by atoms with Crippen molar-refractivity contribution in [2.75, 3.05) is 19.6 Å². The second-order valence-corrected chi connectivity index (χ2v) is 6.35. The summed E-state index contributed by atoms with van der Waals surface area (Å²) in [6, 6.07) is 8.74. The highest BCUT2D eigenvalue weighted by Gasteiger charge is 2.15. The van der Waals surface area contributed by atoms with Gasteiger partial charge in [-0.25, -0.2) is 0 Å². The van der Waals surface area contributed by atoms with E-state index in [9.17, 15) is 0 Å². The normalized spacial score (nSPS) is 13.9. The van der Waals surface area contributed by atoms with Gasteiger partial charge in [0.2, 0.25) is 0 Å². The first-order valence-corrected chi connectivity index (χ1v) is 7.29. The van der Waals surface area contributed by atoms with E-state index in [-0.39, 0.29) is 10.8 Å². The van der Waals surface area contributed by atoms with Gasteiger partial charge in [-0.2, -0.15) is 0 Å². The summed E-state index contributed by atoms with van der Waals surface area (Å²) in [5.74, 6) is 0. The highest BCUT2D eigenvalue weighted by atomic mass is 35.5. The van der Waals surface area contributed by atoms with Gasteiger partial charge in [-0.1, -0.05) is 58.9 Å². The summed E-state index contributed by atoms with van der Waals surface area (Å²) < 4.78 is 0. The number of alkyl halides is 1. The smallest absolute Gasteiger partial charge is 0.0712 e. The highest BCUT2D eigenvalue weighted by molar-refractivity contribution is 6.21. The summed E-state index contributed by atoms with van der Waals surface area (Å²) in [6.45, 7) is 14.1. The van der Waals surface area contributed by atoms with Crippen molar-refractivity contribution in [2.24, 2.45) is 0 Å². The van der Waals surface area contributed by atoms with Crippen LogP contribution in [0.15, 0.2) is 24.3 Å². The van der Waals surface area contributed by atoms with Crippen molar-refractivity contribution < 1.29 is 0 Å². The van der Waals surface area contributed by atoms with Crippen LogP contribution < -0.4 is 0 Å². The van der Waals surface area contributed by atoms with Crippen LogP contribution >= 0.6 is 11.6 Å². The molecule has 0 bridgehead atoms. The Morgan fingerprint density at radius 3 is 1.94 bits per heavy atom. The SMILES string of the molecule is CCN(CC)CC(Cl)c1ccc(C(C)(C)C)cc1. The summed E-state index contributed by atoms with van der Waals surface area (Å²) in [5, 5.41) is 0.0823. The van der Waals surface area contributed by atoms with Crippen LogP contribution in [0.5, 0.6) is 0 Å². The standard InChI is InChI=1S/C16H26ClN/c1-6-18(7-2)12-15(17)13-8-10-14(11-9-13)16(3,4)5/h8-11,15H,6-7,12H2,1-5H3. The molecule has 1 aromatic rings. The molecule has 0 fully saturated rings. The molecule has 0 amide bonds. The van der Waals surface area contributed by atoms with E-state index in [2.05, 4.69) is 63.8 Å².